The number of aryl methyl sites for hydroxylation is 2. The number of hydrogen-bond acceptors (Lipinski definition) is 3. The fourth-order valence-electron chi connectivity index (χ4n) is 2.80. The largest absolute Gasteiger partial charge is 0.326 e. The van der Waals surface area contributed by atoms with Crippen molar-refractivity contribution in [2.75, 3.05) is 10.0 Å². The van der Waals surface area contributed by atoms with Crippen LogP contribution in [0.25, 0.3) is 0 Å². The van der Waals surface area contributed by atoms with E-state index in [4.69, 9.17) is 11.6 Å². The first-order valence-electron chi connectivity index (χ1n) is 7.57. The Morgan fingerprint density at radius 2 is 1.83 bits per heavy atom. The molecule has 0 aliphatic heterocycles. The van der Waals surface area contributed by atoms with Crippen molar-refractivity contribution in [3.05, 3.63) is 52.5 Å². The second-order valence-electron chi connectivity index (χ2n) is 5.77. The van der Waals surface area contributed by atoms with Gasteiger partial charge in [-0.3, -0.25) is 9.52 Å². The van der Waals surface area contributed by atoms with Crippen molar-refractivity contribution in [2.45, 2.75) is 31.1 Å². The van der Waals surface area contributed by atoms with Crippen LogP contribution in [0.5, 0.6) is 0 Å². The molecule has 0 atom stereocenters. The number of anilines is 2. The van der Waals surface area contributed by atoms with Crippen LogP contribution in [-0.2, 0) is 27.7 Å². The highest BCUT2D eigenvalue weighted by Gasteiger charge is 2.19. The molecule has 1 amide bonds. The van der Waals surface area contributed by atoms with Crippen LogP contribution in [0, 0.1) is 0 Å². The molecule has 0 heterocycles. The van der Waals surface area contributed by atoms with E-state index in [1.165, 1.54) is 24.6 Å². The zero-order chi connectivity index (χ0) is 17.3. The van der Waals surface area contributed by atoms with E-state index in [1.807, 2.05) is 6.07 Å². The summed E-state index contributed by atoms with van der Waals surface area (Å²) in [5, 5.41) is 2.81. The first-order chi connectivity index (χ1) is 11.3. The molecular formula is C17H17ClN2O3S. The Kier molecular flexibility index (Phi) is 4.51. The molecule has 0 spiro atoms. The van der Waals surface area contributed by atoms with Gasteiger partial charge in [-0.25, -0.2) is 8.42 Å². The minimum atomic E-state index is -3.72. The predicted octanol–water partition coefficient (Wildman–Crippen LogP) is 3.59. The average molecular weight is 365 g/mol. The lowest BCUT2D eigenvalue weighted by Gasteiger charge is -2.12. The second kappa shape index (κ2) is 6.45. The predicted molar refractivity (Wildman–Crippen MR) is 95.0 cm³/mol. The third kappa shape index (κ3) is 3.55. The van der Waals surface area contributed by atoms with Crippen molar-refractivity contribution in [2.24, 2.45) is 0 Å². The highest BCUT2D eigenvalue weighted by atomic mass is 35.5. The van der Waals surface area contributed by atoms with Crippen LogP contribution in [0.3, 0.4) is 0 Å². The lowest BCUT2D eigenvalue weighted by atomic mass is 10.1. The standard InChI is InChI=1S/C17H17ClN2O3S/c1-11(21)19-14-6-8-17(16(18)10-14)20-24(22,23)15-7-5-12-3-2-4-13(12)9-15/h5-10,20H,2-4H2,1H3,(H,19,21). The van der Waals surface area contributed by atoms with Crippen molar-refractivity contribution in [1.82, 2.24) is 0 Å². The molecule has 7 heteroatoms. The zero-order valence-corrected chi connectivity index (χ0v) is 14.7. The van der Waals surface area contributed by atoms with Gasteiger partial charge in [-0.15, -0.1) is 0 Å². The number of sulfonamides is 1. The van der Waals surface area contributed by atoms with Crippen molar-refractivity contribution in [1.29, 1.82) is 0 Å². The van der Waals surface area contributed by atoms with Crippen molar-refractivity contribution < 1.29 is 13.2 Å². The summed E-state index contributed by atoms with van der Waals surface area (Å²) in [6.07, 6.45) is 2.97. The number of rotatable bonds is 4. The fourth-order valence-corrected chi connectivity index (χ4v) is 4.21. The Morgan fingerprint density at radius 1 is 1.08 bits per heavy atom. The lowest BCUT2D eigenvalue weighted by Crippen LogP contribution is -2.14. The minimum absolute atomic E-state index is 0.214. The summed E-state index contributed by atoms with van der Waals surface area (Å²) in [6, 6.07) is 9.84. The Balaban J connectivity index is 1.85. The van der Waals surface area contributed by atoms with Crippen LogP contribution in [-0.4, -0.2) is 14.3 Å². The van der Waals surface area contributed by atoms with Crippen molar-refractivity contribution in [3.8, 4) is 0 Å². The number of carbonyl (C=O) groups excluding carboxylic acids is 1. The van der Waals surface area contributed by atoms with E-state index in [9.17, 15) is 13.2 Å². The summed E-state index contributed by atoms with van der Waals surface area (Å²) in [5.41, 5.74) is 3.08. The van der Waals surface area contributed by atoms with Gasteiger partial charge in [-0.05, 0) is 60.7 Å². The maximum Gasteiger partial charge on any atom is 0.261 e. The molecule has 1 aliphatic rings. The first-order valence-corrected chi connectivity index (χ1v) is 9.43. The summed E-state index contributed by atoms with van der Waals surface area (Å²) < 4.78 is 27.7. The Hall–Kier alpha value is -2.05. The van der Waals surface area contributed by atoms with E-state index in [1.54, 1.807) is 18.2 Å². The Labute approximate surface area is 146 Å². The molecule has 0 bridgehead atoms. The van der Waals surface area contributed by atoms with E-state index >= 15 is 0 Å². The van der Waals surface area contributed by atoms with Crippen LogP contribution in [0.2, 0.25) is 5.02 Å². The van der Waals surface area contributed by atoms with Crippen molar-refractivity contribution >= 4 is 38.9 Å². The number of carbonyl (C=O) groups is 1. The molecule has 5 nitrogen and oxygen atoms in total. The average Bonchev–Trinajstić information content (AvgIpc) is 2.97. The molecule has 126 valence electrons. The SMILES string of the molecule is CC(=O)Nc1ccc(NS(=O)(=O)c2ccc3c(c2)CCC3)c(Cl)c1. The number of nitrogens with one attached hydrogen (secondary N) is 2. The lowest BCUT2D eigenvalue weighted by molar-refractivity contribution is -0.114. The molecule has 0 aromatic heterocycles. The van der Waals surface area contributed by atoms with Gasteiger partial charge in [0.05, 0.1) is 15.6 Å². The summed E-state index contributed by atoms with van der Waals surface area (Å²) >= 11 is 6.12. The second-order valence-corrected chi connectivity index (χ2v) is 7.85. The van der Waals surface area contributed by atoms with Gasteiger partial charge in [0.1, 0.15) is 0 Å². The summed E-state index contributed by atoms with van der Waals surface area (Å²) in [6.45, 7) is 1.39. The molecule has 0 saturated carbocycles. The zero-order valence-electron chi connectivity index (χ0n) is 13.1. The van der Waals surface area contributed by atoms with Gasteiger partial charge in [0, 0.05) is 12.6 Å². The van der Waals surface area contributed by atoms with E-state index in [0.717, 1.165) is 24.8 Å². The fraction of sp³-hybridized carbons (Fsp3) is 0.235. The van der Waals surface area contributed by atoms with Gasteiger partial charge in [-0.2, -0.15) is 0 Å². The van der Waals surface area contributed by atoms with Gasteiger partial charge in [0.15, 0.2) is 0 Å². The highest BCUT2D eigenvalue weighted by Crippen LogP contribution is 2.29. The van der Waals surface area contributed by atoms with Crippen LogP contribution in [0.1, 0.15) is 24.5 Å². The van der Waals surface area contributed by atoms with Crippen LogP contribution in [0.15, 0.2) is 41.3 Å². The van der Waals surface area contributed by atoms with Crippen molar-refractivity contribution in [3.63, 3.8) is 0 Å². The van der Waals surface area contributed by atoms with Gasteiger partial charge >= 0.3 is 0 Å². The van der Waals surface area contributed by atoms with Gasteiger partial charge in [0.25, 0.3) is 10.0 Å². The smallest absolute Gasteiger partial charge is 0.261 e. The number of fused-ring (bicyclic) bond motifs is 1. The molecule has 24 heavy (non-hydrogen) atoms. The van der Waals surface area contributed by atoms with Crippen LogP contribution >= 0.6 is 11.6 Å². The molecule has 2 aromatic carbocycles. The maximum atomic E-state index is 12.6. The van der Waals surface area contributed by atoms with Gasteiger partial charge in [0.2, 0.25) is 5.91 Å². The molecule has 0 fully saturated rings. The van der Waals surface area contributed by atoms with Gasteiger partial charge in [-0.1, -0.05) is 17.7 Å². The summed E-state index contributed by atoms with van der Waals surface area (Å²) in [4.78, 5) is 11.3. The molecule has 0 unspecified atom stereocenters. The maximum absolute atomic E-state index is 12.6. The van der Waals surface area contributed by atoms with Gasteiger partial charge < -0.3 is 5.32 Å². The quantitative estimate of drug-likeness (QED) is 0.870. The molecule has 1 aliphatic carbocycles. The first kappa shape index (κ1) is 16.8. The number of hydrogen-bond donors (Lipinski definition) is 2. The molecule has 0 radical (unpaired) electrons. The normalized spacial score (nSPS) is 13.4. The summed E-state index contributed by atoms with van der Waals surface area (Å²) in [5.74, 6) is -0.225. The monoisotopic (exact) mass is 364 g/mol. The number of amides is 1. The van der Waals surface area contributed by atoms with E-state index < -0.39 is 10.0 Å². The Bertz CT molecular complexity index is 910. The number of halogens is 1. The third-order valence-electron chi connectivity index (χ3n) is 3.91. The van der Waals surface area contributed by atoms with Crippen LogP contribution < -0.4 is 10.0 Å². The van der Waals surface area contributed by atoms with E-state index in [-0.39, 0.29) is 21.5 Å². The molecule has 2 N–H and O–H groups in total. The van der Waals surface area contributed by atoms with E-state index in [2.05, 4.69) is 10.0 Å². The topological polar surface area (TPSA) is 75.3 Å². The summed E-state index contributed by atoms with van der Waals surface area (Å²) in [7, 11) is -3.72. The Morgan fingerprint density at radius 3 is 2.54 bits per heavy atom. The minimum Gasteiger partial charge on any atom is -0.326 e. The third-order valence-corrected chi connectivity index (χ3v) is 5.59. The molecule has 0 saturated heterocycles. The molecule has 3 rings (SSSR count). The molecular weight excluding hydrogens is 348 g/mol. The number of benzene rings is 2. The molecule has 2 aromatic rings. The van der Waals surface area contributed by atoms with Crippen LogP contribution in [0.4, 0.5) is 11.4 Å². The van der Waals surface area contributed by atoms with E-state index in [0.29, 0.717) is 5.69 Å². The highest BCUT2D eigenvalue weighted by molar-refractivity contribution is 7.92.